The highest BCUT2D eigenvalue weighted by molar-refractivity contribution is 9.09. The fraction of sp³-hybridized carbons (Fsp3) is 0.611. The fourth-order valence-corrected chi connectivity index (χ4v) is 5.45. The van der Waals surface area contributed by atoms with E-state index in [4.69, 9.17) is 0 Å². The molecule has 3 heteroatoms. The lowest BCUT2D eigenvalue weighted by Crippen LogP contribution is -2.50. The second-order valence-corrected chi connectivity index (χ2v) is 8.20. The fourth-order valence-electron chi connectivity index (χ4n) is 4.59. The van der Waals surface area contributed by atoms with Gasteiger partial charge in [-0.1, -0.05) is 40.2 Å². The Morgan fingerprint density at radius 2 is 1.71 bits per heavy atom. The van der Waals surface area contributed by atoms with Gasteiger partial charge in [0.2, 0.25) is 5.91 Å². The number of nitrogens with zero attached hydrogens (tertiary/aromatic N) is 1. The maximum absolute atomic E-state index is 13.0. The summed E-state index contributed by atoms with van der Waals surface area (Å²) in [5, 5.41) is 0. The number of piperidine rings is 1. The molecule has 4 rings (SSSR count). The van der Waals surface area contributed by atoms with Crippen LogP contribution < -0.4 is 0 Å². The van der Waals surface area contributed by atoms with E-state index in [1.54, 1.807) is 0 Å². The van der Waals surface area contributed by atoms with Crippen LogP contribution in [0.2, 0.25) is 0 Å². The lowest BCUT2D eigenvalue weighted by molar-refractivity contribution is -0.140. The number of hydrogen-bond donors (Lipinski definition) is 0. The Morgan fingerprint density at radius 3 is 2.43 bits per heavy atom. The van der Waals surface area contributed by atoms with Gasteiger partial charge >= 0.3 is 0 Å². The molecule has 2 nitrogen and oxygen atoms in total. The second-order valence-electron chi connectivity index (χ2n) is 6.91. The summed E-state index contributed by atoms with van der Waals surface area (Å²) >= 11 is 3.77. The zero-order valence-electron chi connectivity index (χ0n) is 12.3. The number of benzene rings is 1. The maximum atomic E-state index is 13.0. The van der Waals surface area contributed by atoms with Crippen molar-refractivity contribution in [3.63, 3.8) is 0 Å². The first-order valence-electron chi connectivity index (χ1n) is 8.25. The highest BCUT2D eigenvalue weighted by Gasteiger charge is 2.44. The minimum absolute atomic E-state index is 0.217. The van der Waals surface area contributed by atoms with E-state index in [1.165, 1.54) is 24.0 Å². The summed E-state index contributed by atoms with van der Waals surface area (Å²) in [6.45, 7) is 0. The number of alkyl halides is 1. The Labute approximate surface area is 135 Å². The SMILES string of the molecule is O=C(C1CCc2ccccc2C1)N1C2CCC1CC(Br)C2. The normalized spacial score (nSPS) is 34.6. The number of amides is 1. The highest BCUT2D eigenvalue weighted by atomic mass is 79.9. The van der Waals surface area contributed by atoms with Crippen LogP contribution in [-0.2, 0) is 17.6 Å². The highest BCUT2D eigenvalue weighted by Crippen LogP contribution is 2.40. The lowest BCUT2D eigenvalue weighted by Gasteiger charge is -2.40. The Morgan fingerprint density at radius 1 is 1.05 bits per heavy atom. The zero-order valence-corrected chi connectivity index (χ0v) is 13.9. The van der Waals surface area contributed by atoms with Gasteiger partial charge in [0.1, 0.15) is 0 Å². The van der Waals surface area contributed by atoms with E-state index in [0.29, 0.717) is 22.8 Å². The van der Waals surface area contributed by atoms with Crippen molar-refractivity contribution in [3.8, 4) is 0 Å². The van der Waals surface area contributed by atoms with Gasteiger partial charge in [-0.2, -0.15) is 0 Å². The van der Waals surface area contributed by atoms with Crippen molar-refractivity contribution in [1.82, 2.24) is 4.90 Å². The van der Waals surface area contributed by atoms with Crippen LogP contribution in [0.1, 0.15) is 43.2 Å². The van der Waals surface area contributed by atoms with Gasteiger partial charge in [-0.25, -0.2) is 0 Å². The molecule has 0 spiro atoms. The monoisotopic (exact) mass is 347 g/mol. The predicted octanol–water partition coefficient (Wildman–Crippen LogP) is 3.71. The van der Waals surface area contributed by atoms with Crippen molar-refractivity contribution in [2.24, 2.45) is 5.92 Å². The van der Waals surface area contributed by atoms with Gasteiger partial charge in [-0.05, 0) is 56.1 Å². The summed E-state index contributed by atoms with van der Waals surface area (Å²) in [6, 6.07) is 9.63. The molecule has 0 aromatic heterocycles. The van der Waals surface area contributed by atoms with Crippen LogP contribution in [0.25, 0.3) is 0 Å². The van der Waals surface area contributed by atoms with E-state index in [2.05, 4.69) is 45.1 Å². The molecule has 0 radical (unpaired) electrons. The van der Waals surface area contributed by atoms with Gasteiger partial charge < -0.3 is 4.90 Å². The molecule has 3 unspecified atom stereocenters. The molecule has 2 bridgehead atoms. The smallest absolute Gasteiger partial charge is 0.226 e. The maximum Gasteiger partial charge on any atom is 0.226 e. The topological polar surface area (TPSA) is 20.3 Å². The predicted molar refractivity (Wildman–Crippen MR) is 87.6 cm³/mol. The molecule has 2 saturated heterocycles. The van der Waals surface area contributed by atoms with Gasteiger partial charge in [0.05, 0.1) is 0 Å². The molecule has 2 fully saturated rings. The number of carbonyl (C=O) groups excluding carboxylic acids is 1. The third-order valence-electron chi connectivity index (χ3n) is 5.63. The molecule has 1 aliphatic carbocycles. The minimum Gasteiger partial charge on any atom is -0.336 e. The average molecular weight is 348 g/mol. The van der Waals surface area contributed by atoms with Crippen LogP contribution in [0.4, 0.5) is 0 Å². The molecule has 2 aliphatic heterocycles. The molecule has 0 saturated carbocycles. The molecule has 2 heterocycles. The van der Waals surface area contributed by atoms with Crippen molar-refractivity contribution in [3.05, 3.63) is 35.4 Å². The number of hydrogen-bond acceptors (Lipinski definition) is 1. The molecule has 1 amide bonds. The van der Waals surface area contributed by atoms with Crippen LogP contribution in [0.3, 0.4) is 0 Å². The number of carbonyl (C=O) groups is 1. The number of aryl methyl sites for hydroxylation is 1. The standard InChI is InChI=1S/C18H22BrNO/c19-15-10-16-7-8-17(11-15)20(16)18(21)14-6-5-12-3-1-2-4-13(12)9-14/h1-4,14-17H,5-11H2. The molecule has 3 aliphatic rings. The van der Waals surface area contributed by atoms with Gasteiger partial charge in [0, 0.05) is 22.8 Å². The van der Waals surface area contributed by atoms with Crippen LogP contribution in [0, 0.1) is 5.92 Å². The number of halogens is 1. The third-order valence-corrected chi connectivity index (χ3v) is 6.37. The summed E-state index contributed by atoms with van der Waals surface area (Å²) in [7, 11) is 0. The Kier molecular flexibility index (Phi) is 3.56. The van der Waals surface area contributed by atoms with E-state index < -0.39 is 0 Å². The van der Waals surface area contributed by atoms with E-state index in [1.807, 2.05) is 0 Å². The molecular formula is C18H22BrNO. The molecule has 0 N–H and O–H groups in total. The van der Waals surface area contributed by atoms with Gasteiger partial charge in [0.25, 0.3) is 0 Å². The van der Waals surface area contributed by atoms with E-state index in [0.717, 1.165) is 32.1 Å². The molecule has 1 aromatic rings. The second kappa shape index (κ2) is 5.42. The van der Waals surface area contributed by atoms with Crippen LogP contribution in [0.15, 0.2) is 24.3 Å². The summed E-state index contributed by atoms with van der Waals surface area (Å²) in [6.07, 6.45) is 7.75. The largest absolute Gasteiger partial charge is 0.336 e. The molecule has 1 aromatic carbocycles. The summed E-state index contributed by atoms with van der Waals surface area (Å²) < 4.78 is 0. The minimum atomic E-state index is 0.217. The first-order valence-corrected chi connectivity index (χ1v) is 9.17. The number of rotatable bonds is 1. The third kappa shape index (κ3) is 2.44. The van der Waals surface area contributed by atoms with E-state index in [-0.39, 0.29) is 5.92 Å². The molecular weight excluding hydrogens is 326 g/mol. The quantitative estimate of drug-likeness (QED) is 0.709. The van der Waals surface area contributed by atoms with Crippen molar-refractivity contribution < 1.29 is 4.79 Å². The molecule has 21 heavy (non-hydrogen) atoms. The van der Waals surface area contributed by atoms with Gasteiger partial charge in [-0.15, -0.1) is 0 Å². The van der Waals surface area contributed by atoms with Crippen LogP contribution >= 0.6 is 15.9 Å². The summed E-state index contributed by atoms with van der Waals surface area (Å²) in [4.78, 5) is 15.9. The average Bonchev–Trinajstić information content (AvgIpc) is 2.78. The Bertz CT molecular complexity index is 544. The van der Waals surface area contributed by atoms with E-state index in [9.17, 15) is 4.79 Å². The van der Waals surface area contributed by atoms with Crippen LogP contribution in [0.5, 0.6) is 0 Å². The van der Waals surface area contributed by atoms with Crippen LogP contribution in [-0.4, -0.2) is 27.7 Å². The Hall–Kier alpha value is -0.830. The van der Waals surface area contributed by atoms with E-state index >= 15 is 0 Å². The zero-order chi connectivity index (χ0) is 14.4. The van der Waals surface area contributed by atoms with Gasteiger partial charge in [0.15, 0.2) is 0 Å². The first kappa shape index (κ1) is 13.8. The molecule has 112 valence electrons. The first-order chi connectivity index (χ1) is 10.2. The number of fused-ring (bicyclic) bond motifs is 3. The Balaban J connectivity index is 1.52. The van der Waals surface area contributed by atoms with Crippen molar-refractivity contribution in [2.75, 3.05) is 0 Å². The van der Waals surface area contributed by atoms with Crippen molar-refractivity contribution >= 4 is 21.8 Å². The molecule has 3 atom stereocenters. The van der Waals surface area contributed by atoms with Crippen molar-refractivity contribution in [1.29, 1.82) is 0 Å². The summed E-state index contributed by atoms with van der Waals surface area (Å²) in [5.74, 6) is 0.659. The lowest BCUT2D eigenvalue weighted by atomic mass is 9.82. The van der Waals surface area contributed by atoms with Gasteiger partial charge in [-0.3, -0.25) is 4.79 Å². The summed E-state index contributed by atoms with van der Waals surface area (Å²) in [5.41, 5.74) is 2.84. The van der Waals surface area contributed by atoms with Crippen molar-refractivity contribution in [2.45, 2.75) is 61.9 Å².